The van der Waals surface area contributed by atoms with Crippen LogP contribution in [0.3, 0.4) is 0 Å². The topological polar surface area (TPSA) is 81.9 Å². The number of benzene rings is 2. The van der Waals surface area contributed by atoms with Gasteiger partial charge in [0, 0.05) is 5.02 Å². The van der Waals surface area contributed by atoms with E-state index in [0.717, 1.165) is 11.8 Å². The minimum Gasteiger partial charge on any atom is -0.492 e. The number of rotatable bonds is 7. The summed E-state index contributed by atoms with van der Waals surface area (Å²) in [5, 5.41) is 14.8. The quantitative estimate of drug-likeness (QED) is 0.603. The number of anilines is 1. The van der Waals surface area contributed by atoms with Crippen LogP contribution in [0, 0.1) is 5.82 Å². The number of carbonyl (C=O) groups is 1. The van der Waals surface area contributed by atoms with Gasteiger partial charge in [0.05, 0.1) is 18.0 Å². The van der Waals surface area contributed by atoms with Gasteiger partial charge in [-0.05, 0) is 47.7 Å². The molecule has 0 atom stereocenters. The Morgan fingerprint density at radius 1 is 1.33 bits per heavy atom. The number of para-hydroxylation sites is 2. The molecule has 0 aliphatic rings. The van der Waals surface area contributed by atoms with Gasteiger partial charge in [0.25, 0.3) is 0 Å². The number of hydrogen-bond acceptors (Lipinski definition) is 6. The van der Waals surface area contributed by atoms with Crippen LogP contribution in [0.2, 0.25) is 5.02 Å². The van der Waals surface area contributed by atoms with Gasteiger partial charge in [0.2, 0.25) is 11.1 Å². The van der Waals surface area contributed by atoms with Gasteiger partial charge < -0.3 is 10.1 Å². The molecular formula is C17H15ClFN5O2S. The summed E-state index contributed by atoms with van der Waals surface area (Å²) < 4.78 is 20.8. The molecule has 1 aromatic heterocycles. The predicted octanol–water partition coefficient (Wildman–Crippen LogP) is 3.58. The van der Waals surface area contributed by atoms with E-state index in [9.17, 15) is 9.18 Å². The third-order valence-electron chi connectivity index (χ3n) is 3.37. The zero-order valence-corrected chi connectivity index (χ0v) is 15.8. The molecular weight excluding hydrogens is 393 g/mol. The summed E-state index contributed by atoms with van der Waals surface area (Å²) >= 11 is 6.94. The maximum absolute atomic E-state index is 13.7. The van der Waals surface area contributed by atoms with Gasteiger partial charge in [-0.2, -0.15) is 4.68 Å². The third-order valence-corrected chi connectivity index (χ3v) is 4.52. The van der Waals surface area contributed by atoms with Gasteiger partial charge in [-0.15, -0.1) is 5.10 Å². The van der Waals surface area contributed by atoms with Crippen LogP contribution in [-0.2, 0) is 4.79 Å². The molecule has 0 radical (unpaired) electrons. The van der Waals surface area contributed by atoms with E-state index in [2.05, 4.69) is 20.8 Å². The SMILES string of the molecule is CCOc1ccccc1-n1nnnc1SCC(=O)Nc1cc(Cl)ccc1F. The minimum absolute atomic E-state index is 0.0108. The van der Waals surface area contributed by atoms with Crippen molar-refractivity contribution in [1.29, 1.82) is 0 Å². The Morgan fingerprint density at radius 2 is 2.15 bits per heavy atom. The van der Waals surface area contributed by atoms with Gasteiger partial charge in [-0.25, -0.2) is 4.39 Å². The molecule has 0 spiro atoms. The van der Waals surface area contributed by atoms with Crippen LogP contribution in [0.1, 0.15) is 6.92 Å². The average molecular weight is 408 g/mol. The summed E-state index contributed by atoms with van der Waals surface area (Å²) in [4.78, 5) is 12.1. The van der Waals surface area contributed by atoms with E-state index in [4.69, 9.17) is 16.3 Å². The summed E-state index contributed by atoms with van der Waals surface area (Å²) in [5.41, 5.74) is 0.683. The Kier molecular flexibility index (Phi) is 6.25. The second-order valence-electron chi connectivity index (χ2n) is 5.24. The number of tetrazole rings is 1. The summed E-state index contributed by atoms with van der Waals surface area (Å²) in [5.74, 6) is -0.356. The monoisotopic (exact) mass is 407 g/mol. The van der Waals surface area contributed by atoms with E-state index in [1.807, 2.05) is 31.2 Å². The second-order valence-corrected chi connectivity index (χ2v) is 6.61. The van der Waals surface area contributed by atoms with E-state index in [-0.39, 0.29) is 11.4 Å². The van der Waals surface area contributed by atoms with Crippen LogP contribution in [0.4, 0.5) is 10.1 Å². The highest BCUT2D eigenvalue weighted by molar-refractivity contribution is 7.99. The van der Waals surface area contributed by atoms with Crippen molar-refractivity contribution in [3.63, 3.8) is 0 Å². The van der Waals surface area contributed by atoms with Crippen LogP contribution < -0.4 is 10.1 Å². The Labute approximate surface area is 163 Å². The summed E-state index contributed by atoms with van der Waals surface area (Å²) in [6.45, 7) is 2.38. The van der Waals surface area contributed by atoms with Crippen molar-refractivity contribution in [2.75, 3.05) is 17.7 Å². The highest BCUT2D eigenvalue weighted by Gasteiger charge is 2.15. The van der Waals surface area contributed by atoms with Crippen molar-refractivity contribution in [3.8, 4) is 11.4 Å². The first-order valence-electron chi connectivity index (χ1n) is 7.96. The van der Waals surface area contributed by atoms with Crippen molar-refractivity contribution in [2.45, 2.75) is 12.1 Å². The fraction of sp³-hybridized carbons (Fsp3) is 0.176. The number of nitrogens with zero attached hydrogens (tertiary/aromatic N) is 4. The smallest absolute Gasteiger partial charge is 0.234 e. The molecule has 1 amide bonds. The van der Waals surface area contributed by atoms with E-state index in [1.165, 1.54) is 22.9 Å². The van der Waals surface area contributed by atoms with Gasteiger partial charge in [-0.3, -0.25) is 4.79 Å². The third kappa shape index (κ3) is 4.75. The lowest BCUT2D eigenvalue weighted by Gasteiger charge is -2.10. The molecule has 3 rings (SSSR count). The number of aromatic nitrogens is 4. The second kappa shape index (κ2) is 8.83. The van der Waals surface area contributed by atoms with Crippen LogP contribution in [0.25, 0.3) is 5.69 Å². The van der Waals surface area contributed by atoms with Crippen molar-refractivity contribution >= 4 is 35.0 Å². The van der Waals surface area contributed by atoms with Gasteiger partial charge in [-0.1, -0.05) is 35.5 Å². The normalized spacial score (nSPS) is 10.6. The molecule has 0 bridgehead atoms. The van der Waals surface area contributed by atoms with Crippen molar-refractivity contribution in [1.82, 2.24) is 20.2 Å². The van der Waals surface area contributed by atoms with E-state index in [1.54, 1.807) is 0 Å². The molecule has 7 nitrogen and oxygen atoms in total. The number of ether oxygens (including phenoxy) is 1. The highest BCUT2D eigenvalue weighted by atomic mass is 35.5. The molecule has 0 fully saturated rings. The zero-order chi connectivity index (χ0) is 19.2. The standard InChI is InChI=1S/C17H15ClFN5O2S/c1-2-26-15-6-4-3-5-14(15)24-17(21-22-23-24)27-10-16(25)20-13-9-11(18)7-8-12(13)19/h3-9H,2,10H2,1H3,(H,20,25). The summed E-state index contributed by atoms with van der Waals surface area (Å²) in [6.07, 6.45) is 0. The molecule has 3 aromatic rings. The molecule has 1 heterocycles. The lowest BCUT2D eigenvalue weighted by atomic mass is 10.3. The van der Waals surface area contributed by atoms with Crippen molar-refractivity contribution in [2.24, 2.45) is 0 Å². The molecule has 0 aliphatic carbocycles. The van der Waals surface area contributed by atoms with Gasteiger partial charge in [0.15, 0.2) is 0 Å². The fourth-order valence-corrected chi connectivity index (χ4v) is 3.10. The van der Waals surface area contributed by atoms with Crippen LogP contribution in [0.15, 0.2) is 47.6 Å². The maximum atomic E-state index is 13.7. The molecule has 0 unspecified atom stereocenters. The van der Waals surface area contributed by atoms with Crippen molar-refractivity contribution < 1.29 is 13.9 Å². The van der Waals surface area contributed by atoms with Crippen LogP contribution in [0.5, 0.6) is 5.75 Å². The van der Waals surface area contributed by atoms with E-state index in [0.29, 0.717) is 28.2 Å². The van der Waals surface area contributed by atoms with Crippen molar-refractivity contribution in [3.05, 3.63) is 53.3 Å². The number of carbonyl (C=O) groups excluding carboxylic acids is 1. The Morgan fingerprint density at radius 3 is 2.96 bits per heavy atom. The van der Waals surface area contributed by atoms with Gasteiger partial charge >= 0.3 is 0 Å². The molecule has 0 aliphatic heterocycles. The van der Waals surface area contributed by atoms with Gasteiger partial charge in [0.1, 0.15) is 17.3 Å². The van der Waals surface area contributed by atoms with E-state index < -0.39 is 11.7 Å². The molecule has 1 N–H and O–H groups in total. The fourth-order valence-electron chi connectivity index (χ4n) is 2.24. The Balaban J connectivity index is 1.70. The first kappa shape index (κ1) is 19.1. The molecule has 10 heteroatoms. The summed E-state index contributed by atoms with van der Waals surface area (Å²) in [6, 6.07) is 11.3. The number of thioether (sulfide) groups is 1. The first-order chi connectivity index (χ1) is 13.1. The number of halogens is 2. The molecule has 2 aromatic carbocycles. The number of nitrogens with one attached hydrogen (secondary N) is 1. The van der Waals surface area contributed by atoms with E-state index >= 15 is 0 Å². The van der Waals surface area contributed by atoms with Crippen LogP contribution in [-0.4, -0.2) is 38.5 Å². The minimum atomic E-state index is -0.562. The Hall–Kier alpha value is -2.65. The summed E-state index contributed by atoms with van der Waals surface area (Å²) in [7, 11) is 0. The molecule has 0 saturated carbocycles. The average Bonchev–Trinajstić information content (AvgIpc) is 3.12. The number of hydrogen-bond donors (Lipinski definition) is 1. The number of amides is 1. The highest BCUT2D eigenvalue weighted by Crippen LogP contribution is 2.26. The lowest BCUT2D eigenvalue weighted by Crippen LogP contribution is -2.15. The van der Waals surface area contributed by atoms with Crippen LogP contribution >= 0.6 is 23.4 Å². The molecule has 27 heavy (non-hydrogen) atoms. The molecule has 0 saturated heterocycles. The maximum Gasteiger partial charge on any atom is 0.234 e. The Bertz CT molecular complexity index is 953. The zero-order valence-electron chi connectivity index (χ0n) is 14.2. The predicted molar refractivity (Wildman–Crippen MR) is 101 cm³/mol. The lowest BCUT2D eigenvalue weighted by molar-refractivity contribution is -0.113. The largest absolute Gasteiger partial charge is 0.492 e. The first-order valence-corrected chi connectivity index (χ1v) is 9.33. The molecule has 140 valence electrons.